The van der Waals surface area contributed by atoms with Gasteiger partial charge in [-0.25, -0.2) is 4.79 Å². The highest BCUT2D eigenvalue weighted by atomic mass is 19.4. The molecule has 1 unspecified atom stereocenters. The summed E-state index contributed by atoms with van der Waals surface area (Å²) >= 11 is 0. The molecule has 0 spiro atoms. The summed E-state index contributed by atoms with van der Waals surface area (Å²) in [5, 5.41) is 7.23. The number of alkyl carbamates (subject to hydrolysis) is 1. The normalized spacial score (nSPS) is 13.7. The minimum atomic E-state index is -4.63. The Labute approximate surface area is 112 Å². The van der Waals surface area contributed by atoms with Crippen molar-refractivity contribution in [2.75, 3.05) is 0 Å². The van der Waals surface area contributed by atoms with Crippen LogP contribution >= 0.6 is 0 Å². The SMILES string of the molecule is CC(C)(C)OC(=O)NC(C=O)c1cc(C(F)(F)F)n[nH]1. The topological polar surface area (TPSA) is 84.1 Å². The van der Waals surface area contributed by atoms with Gasteiger partial charge in [-0.3, -0.25) is 5.10 Å². The predicted molar refractivity (Wildman–Crippen MR) is 61.8 cm³/mol. The third-order valence-corrected chi connectivity index (χ3v) is 2.03. The molecule has 1 aromatic heterocycles. The number of carbonyl (C=O) groups excluding carboxylic acids is 2. The molecule has 6 nitrogen and oxygen atoms in total. The zero-order valence-electron chi connectivity index (χ0n) is 11.0. The van der Waals surface area contributed by atoms with E-state index in [2.05, 4.69) is 15.5 Å². The van der Waals surface area contributed by atoms with Gasteiger partial charge in [0.25, 0.3) is 0 Å². The summed E-state index contributed by atoms with van der Waals surface area (Å²) in [7, 11) is 0. The number of aldehydes is 1. The monoisotopic (exact) mass is 293 g/mol. The number of amides is 1. The summed E-state index contributed by atoms with van der Waals surface area (Å²) in [6, 6.07) is -0.648. The number of alkyl halides is 3. The van der Waals surface area contributed by atoms with Crippen LogP contribution in [0.15, 0.2) is 6.07 Å². The van der Waals surface area contributed by atoms with E-state index in [1.54, 1.807) is 20.8 Å². The van der Waals surface area contributed by atoms with Crippen molar-refractivity contribution in [1.29, 1.82) is 0 Å². The fourth-order valence-electron chi connectivity index (χ4n) is 1.26. The Kier molecular flexibility index (Phi) is 4.41. The molecule has 1 amide bonds. The molecule has 9 heteroatoms. The van der Waals surface area contributed by atoms with Crippen LogP contribution in [0.2, 0.25) is 0 Å². The van der Waals surface area contributed by atoms with Gasteiger partial charge in [-0.05, 0) is 26.8 Å². The maximum absolute atomic E-state index is 12.4. The number of aromatic amines is 1. The molecule has 2 N–H and O–H groups in total. The van der Waals surface area contributed by atoms with Crippen molar-refractivity contribution in [1.82, 2.24) is 15.5 Å². The summed E-state index contributed by atoms with van der Waals surface area (Å²) < 4.78 is 42.0. The maximum atomic E-state index is 12.4. The van der Waals surface area contributed by atoms with Gasteiger partial charge >= 0.3 is 12.3 Å². The van der Waals surface area contributed by atoms with Crippen molar-refractivity contribution < 1.29 is 27.5 Å². The zero-order valence-corrected chi connectivity index (χ0v) is 11.0. The smallest absolute Gasteiger partial charge is 0.435 e. The van der Waals surface area contributed by atoms with Gasteiger partial charge in [-0.15, -0.1) is 0 Å². The van der Waals surface area contributed by atoms with Crippen LogP contribution in [0.4, 0.5) is 18.0 Å². The number of rotatable bonds is 3. The minimum absolute atomic E-state index is 0.182. The Hall–Kier alpha value is -2.06. The Balaban J connectivity index is 2.79. The Morgan fingerprint density at radius 3 is 2.45 bits per heavy atom. The van der Waals surface area contributed by atoms with Crippen LogP contribution in [0.5, 0.6) is 0 Å². The number of hydrogen-bond donors (Lipinski definition) is 2. The molecule has 20 heavy (non-hydrogen) atoms. The molecule has 0 fully saturated rings. The fraction of sp³-hybridized carbons (Fsp3) is 0.545. The second-order valence-corrected chi connectivity index (χ2v) is 4.97. The molecular formula is C11H14F3N3O3. The molecule has 112 valence electrons. The third kappa shape index (κ3) is 4.56. The number of halogens is 3. The van der Waals surface area contributed by atoms with Gasteiger partial charge < -0.3 is 14.8 Å². The van der Waals surface area contributed by atoms with Crippen LogP contribution in [0.3, 0.4) is 0 Å². The second kappa shape index (κ2) is 5.51. The van der Waals surface area contributed by atoms with Crippen LogP contribution in [0, 0.1) is 0 Å². The van der Waals surface area contributed by atoms with E-state index in [0.717, 1.165) is 0 Å². The quantitative estimate of drug-likeness (QED) is 0.837. The summed E-state index contributed by atoms with van der Waals surface area (Å²) in [6.07, 6.45) is -5.27. The molecule has 0 aliphatic carbocycles. The molecule has 1 heterocycles. The van der Waals surface area contributed by atoms with E-state index >= 15 is 0 Å². The number of ether oxygens (including phenoxy) is 1. The Morgan fingerprint density at radius 1 is 1.45 bits per heavy atom. The van der Waals surface area contributed by atoms with Crippen molar-refractivity contribution in [2.45, 2.75) is 38.6 Å². The first-order valence-corrected chi connectivity index (χ1v) is 5.60. The number of aromatic nitrogens is 2. The van der Waals surface area contributed by atoms with Crippen LogP contribution in [0.25, 0.3) is 0 Å². The van der Waals surface area contributed by atoms with Crippen molar-refractivity contribution in [3.63, 3.8) is 0 Å². The molecule has 1 rings (SSSR count). The average molecular weight is 293 g/mol. The molecule has 0 saturated carbocycles. The highest BCUT2D eigenvalue weighted by Crippen LogP contribution is 2.28. The summed E-state index contributed by atoms with van der Waals surface area (Å²) in [5.41, 5.74) is -2.15. The first-order chi connectivity index (χ1) is 9.03. The fourth-order valence-corrected chi connectivity index (χ4v) is 1.26. The average Bonchev–Trinajstić information content (AvgIpc) is 2.71. The van der Waals surface area contributed by atoms with Gasteiger partial charge in [0.2, 0.25) is 0 Å². The highest BCUT2D eigenvalue weighted by Gasteiger charge is 2.35. The van der Waals surface area contributed by atoms with Crippen LogP contribution in [-0.4, -0.2) is 28.2 Å². The molecule has 0 saturated heterocycles. The molecule has 0 aliphatic rings. The van der Waals surface area contributed by atoms with Gasteiger partial charge in [0.15, 0.2) is 5.69 Å². The summed E-state index contributed by atoms with van der Waals surface area (Å²) in [5.74, 6) is 0. The van der Waals surface area contributed by atoms with Crippen LogP contribution in [-0.2, 0) is 15.7 Å². The zero-order chi connectivity index (χ0) is 15.6. The number of nitrogens with one attached hydrogen (secondary N) is 2. The molecule has 0 aromatic carbocycles. The minimum Gasteiger partial charge on any atom is -0.444 e. The van der Waals surface area contributed by atoms with Crippen LogP contribution < -0.4 is 5.32 Å². The summed E-state index contributed by atoms with van der Waals surface area (Å²) in [4.78, 5) is 22.3. The maximum Gasteiger partial charge on any atom is 0.435 e. The first kappa shape index (κ1) is 16.0. The lowest BCUT2D eigenvalue weighted by Crippen LogP contribution is -2.35. The molecule has 0 aliphatic heterocycles. The molecule has 0 bridgehead atoms. The standard InChI is InChI=1S/C11H14F3N3O3/c1-10(2,3)20-9(19)15-7(5-18)6-4-8(17-16-6)11(12,13)14/h4-5,7H,1-3H3,(H,15,19)(H,16,17). The van der Waals surface area contributed by atoms with Gasteiger partial charge in [-0.1, -0.05) is 0 Å². The van der Waals surface area contributed by atoms with E-state index in [9.17, 15) is 22.8 Å². The van der Waals surface area contributed by atoms with Crippen molar-refractivity contribution in [2.24, 2.45) is 0 Å². The van der Waals surface area contributed by atoms with E-state index < -0.39 is 29.6 Å². The molecular weight excluding hydrogens is 279 g/mol. The lowest BCUT2D eigenvalue weighted by molar-refractivity contribution is -0.141. The number of hydrogen-bond acceptors (Lipinski definition) is 4. The number of carbonyl (C=O) groups is 2. The number of H-pyrrole nitrogens is 1. The van der Waals surface area contributed by atoms with Gasteiger partial charge in [0.05, 0.1) is 5.69 Å². The van der Waals surface area contributed by atoms with E-state index in [0.29, 0.717) is 6.07 Å². The Bertz CT molecular complexity index is 491. The van der Waals surface area contributed by atoms with Gasteiger partial charge in [0.1, 0.15) is 17.9 Å². The predicted octanol–water partition coefficient (Wildman–Crippen LogP) is 2.19. The Morgan fingerprint density at radius 2 is 2.05 bits per heavy atom. The third-order valence-electron chi connectivity index (χ3n) is 2.03. The molecule has 1 aromatic rings. The van der Waals surface area contributed by atoms with Crippen molar-refractivity contribution >= 4 is 12.4 Å². The highest BCUT2D eigenvalue weighted by molar-refractivity contribution is 5.74. The second-order valence-electron chi connectivity index (χ2n) is 4.97. The first-order valence-electron chi connectivity index (χ1n) is 5.60. The van der Waals surface area contributed by atoms with E-state index in [1.807, 2.05) is 0 Å². The molecule has 1 atom stereocenters. The largest absolute Gasteiger partial charge is 0.444 e. The number of nitrogens with zero attached hydrogens (tertiary/aromatic N) is 1. The van der Waals surface area contributed by atoms with E-state index in [4.69, 9.17) is 4.74 Å². The lowest BCUT2D eigenvalue weighted by atomic mass is 10.2. The van der Waals surface area contributed by atoms with Crippen LogP contribution in [0.1, 0.15) is 38.2 Å². The van der Waals surface area contributed by atoms with Crippen molar-refractivity contribution in [3.05, 3.63) is 17.5 Å². The lowest BCUT2D eigenvalue weighted by Gasteiger charge is -2.21. The van der Waals surface area contributed by atoms with Crippen molar-refractivity contribution in [3.8, 4) is 0 Å². The van der Waals surface area contributed by atoms with Gasteiger partial charge in [-0.2, -0.15) is 18.3 Å². The summed E-state index contributed by atoms with van der Waals surface area (Å²) in [6.45, 7) is 4.83. The van der Waals surface area contributed by atoms with Gasteiger partial charge in [0, 0.05) is 0 Å². The molecule has 0 radical (unpaired) electrons. The van der Waals surface area contributed by atoms with E-state index in [1.165, 1.54) is 0 Å². The van der Waals surface area contributed by atoms with E-state index in [-0.39, 0.29) is 12.0 Å².